The maximum absolute atomic E-state index is 12.2. The van der Waals surface area contributed by atoms with Crippen LogP contribution < -0.4 is 10.6 Å². The number of benzene rings is 1. The van der Waals surface area contributed by atoms with Crippen molar-refractivity contribution in [2.75, 3.05) is 25.5 Å². The van der Waals surface area contributed by atoms with Crippen molar-refractivity contribution in [1.82, 2.24) is 10.2 Å². The molecular weight excluding hydrogens is 254 g/mol. The predicted molar refractivity (Wildman–Crippen MR) is 78.7 cm³/mol. The number of nitrogens with zero attached hydrogens (tertiary/aromatic N) is 1. The topological polar surface area (TPSA) is 61.4 Å². The minimum Gasteiger partial charge on any atom is -0.348 e. The van der Waals surface area contributed by atoms with E-state index in [1.54, 1.807) is 24.3 Å². The lowest BCUT2D eigenvalue weighted by molar-refractivity contribution is -0.114. The zero-order valence-electron chi connectivity index (χ0n) is 12.0. The summed E-state index contributed by atoms with van der Waals surface area (Å²) in [6.45, 7) is 3.42. The van der Waals surface area contributed by atoms with E-state index in [2.05, 4.69) is 22.6 Å². The maximum atomic E-state index is 12.2. The zero-order valence-corrected chi connectivity index (χ0v) is 12.0. The van der Waals surface area contributed by atoms with Crippen molar-refractivity contribution < 1.29 is 9.59 Å². The summed E-state index contributed by atoms with van der Waals surface area (Å²) in [6.07, 6.45) is 2.12. The number of rotatable bonds is 3. The summed E-state index contributed by atoms with van der Waals surface area (Å²) in [7, 11) is 2.07. The van der Waals surface area contributed by atoms with Crippen LogP contribution in [0.2, 0.25) is 0 Å². The number of likely N-dealkylation sites (N-methyl/N-ethyl adjacent to an activating group) is 1. The first-order chi connectivity index (χ1) is 9.54. The molecule has 0 spiro atoms. The second-order valence-corrected chi connectivity index (χ2v) is 5.34. The van der Waals surface area contributed by atoms with Crippen molar-refractivity contribution >= 4 is 17.5 Å². The molecule has 1 aromatic rings. The van der Waals surface area contributed by atoms with Crippen LogP contribution in [0.1, 0.15) is 30.1 Å². The Balaban J connectivity index is 1.99. The molecule has 1 fully saturated rings. The number of carbonyl (C=O) groups excluding carboxylic acids is 2. The minimum absolute atomic E-state index is 0.0856. The van der Waals surface area contributed by atoms with Crippen LogP contribution in [0, 0.1) is 0 Å². The van der Waals surface area contributed by atoms with Gasteiger partial charge in [-0.25, -0.2) is 0 Å². The molecule has 0 bridgehead atoms. The fourth-order valence-corrected chi connectivity index (χ4v) is 2.49. The Morgan fingerprint density at radius 2 is 2.15 bits per heavy atom. The van der Waals surface area contributed by atoms with Gasteiger partial charge in [0.1, 0.15) is 0 Å². The molecule has 2 amide bonds. The molecular formula is C15H21N3O2. The van der Waals surface area contributed by atoms with E-state index in [4.69, 9.17) is 0 Å². The number of nitrogens with one attached hydrogen (secondary N) is 2. The lowest BCUT2D eigenvalue weighted by Crippen LogP contribution is -2.46. The summed E-state index contributed by atoms with van der Waals surface area (Å²) >= 11 is 0. The van der Waals surface area contributed by atoms with Crippen LogP contribution in [0.3, 0.4) is 0 Å². The van der Waals surface area contributed by atoms with Crippen LogP contribution in [-0.2, 0) is 4.79 Å². The van der Waals surface area contributed by atoms with Crippen molar-refractivity contribution in [3.05, 3.63) is 29.8 Å². The molecule has 0 aromatic heterocycles. The third-order valence-electron chi connectivity index (χ3n) is 3.40. The largest absolute Gasteiger partial charge is 0.348 e. The minimum atomic E-state index is -0.142. The Morgan fingerprint density at radius 3 is 2.85 bits per heavy atom. The van der Waals surface area contributed by atoms with Gasteiger partial charge < -0.3 is 15.5 Å². The normalized spacial score (nSPS) is 19.4. The van der Waals surface area contributed by atoms with E-state index in [1.165, 1.54) is 6.92 Å². The van der Waals surface area contributed by atoms with Gasteiger partial charge in [-0.15, -0.1) is 0 Å². The summed E-state index contributed by atoms with van der Waals surface area (Å²) < 4.78 is 0. The lowest BCUT2D eigenvalue weighted by atomic mass is 10.1. The molecule has 108 valence electrons. The van der Waals surface area contributed by atoms with Crippen LogP contribution in [-0.4, -0.2) is 42.9 Å². The molecule has 5 heteroatoms. The second kappa shape index (κ2) is 6.52. The molecule has 2 N–H and O–H groups in total. The third-order valence-corrected chi connectivity index (χ3v) is 3.40. The standard InChI is InChI=1S/C15H21N3O2/c1-11(19)16-13-6-3-5-12(9-13)15(20)17-14-7-4-8-18(2)10-14/h3,5-6,9,14H,4,7-8,10H2,1-2H3,(H,16,19)(H,17,20). The SMILES string of the molecule is CC(=O)Nc1cccc(C(=O)NC2CCCN(C)C2)c1. The first-order valence-corrected chi connectivity index (χ1v) is 6.91. The van der Waals surface area contributed by atoms with E-state index < -0.39 is 0 Å². The monoisotopic (exact) mass is 275 g/mol. The van der Waals surface area contributed by atoms with Gasteiger partial charge in [-0.3, -0.25) is 9.59 Å². The van der Waals surface area contributed by atoms with Gasteiger partial charge in [-0.2, -0.15) is 0 Å². The third kappa shape index (κ3) is 4.06. The number of amides is 2. The Kier molecular flexibility index (Phi) is 4.74. The van der Waals surface area contributed by atoms with Crippen LogP contribution in [0.5, 0.6) is 0 Å². The first kappa shape index (κ1) is 14.5. The van der Waals surface area contributed by atoms with Crippen molar-refractivity contribution in [2.45, 2.75) is 25.8 Å². The Morgan fingerprint density at radius 1 is 1.35 bits per heavy atom. The molecule has 5 nitrogen and oxygen atoms in total. The van der Waals surface area contributed by atoms with Gasteiger partial charge in [0.25, 0.3) is 5.91 Å². The lowest BCUT2D eigenvalue weighted by Gasteiger charge is -2.30. The number of likely N-dealkylation sites (tertiary alicyclic amines) is 1. The molecule has 1 unspecified atom stereocenters. The molecule has 20 heavy (non-hydrogen) atoms. The molecule has 0 radical (unpaired) electrons. The second-order valence-electron chi connectivity index (χ2n) is 5.34. The number of piperidine rings is 1. The first-order valence-electron chi connectivity index (χ1n) is 6.91. The van der Waals surface area contributed by atoms with Crippen LogP contribution in [0.4, 0.5) is 5.69 Å². The smallest absolute Gasteiger partial charge is 0.251 e. The summed E-state index contributed by atoms with van der Waals surface area (Å²) in [5, 5.41) is 5.74. The Hall–Kier alpha value is -1.88. The van der Waals surface area contributed by atoms with Gasteiger partial charge in [0.2, 0.25) is 5.91 Å². The quantitative estimate of drug-likeness (QED) is 0.878. The van der Waals surface area contributed by atoms with Crippen molar-refractivity contribution in [3.8, 4) is 0 Å². The number of hydrogen-bond donors (Lipinski definition) is 2. The molecule has 0 saturated carbocycles. The number of carbonyl (C=O) groups is 2. The van der Waals surface area contributed by atoms with E-state index >= 15 is 0 Å². The van der Waals surface area contributed by atoms with Gasteiger partial charge in [0.15, 0.2) is 0 Å². The Bertz CT molecular complexity index is 502. The fraction of sp³-hybridized carbons (Fsp3) is 0.467. The highest BCUT2D eigenvalue weighted by molar-refractivity contribution is 5.96. The van der Waals surface area contributed by atoms with E-state index in [9.17, 15) is 9.59 Å². The highest BCUT2D eigenvalue weighted by Crippen LogP contribution is 2.12. The average molecular weight is 275 g/mol. The van der Waals surface area contributed by atoms with E-state index in [0.717, 1.165) is 25.9 Å². The van der Waals surface area contributed by atoms with Gasteiger partial charge in [0, 0.05) is 30.8 Å². The van der Waals surface area contributed by atoms with Crippen molar-refractivity contribution in [3.63, 3.8) is 0 Å². The highest BCUT2D eigenvalue weighted by atomic mass is 16.2. The van der Waals surface area contributed by atoms with Crippen LogP contribution in [0.15, 0.2) is 24.3 Å². The van der Waals surface area contributed by atoms with E-state index in [1.807, 2.05) is 0 Å². The predicted octanol–water partition coefficient (Wildman–Crippen LogP) is 1.47. The van der Waals surface area contributed by atoms with Gasteiger partial charge in [-0.05, 0) is 44.6 Å². The molecule has 1 atom stereocenters. The van der Waals surface area contributed by atoms with Crippen molar-refractivity contribution in [1.29, 1.82) is 0 Å². The molecule has 1 aliphatic rings. The van der Waals surface area contributed by atoms with Crippen LogP contribution in [0.25, 0.3) is 0 Å². The van der Waals surface area contributed by atoms with Gasteiger partial charge in [-0.1, -0.05) is 6.07 Å². The molecule has 0 aliphatic carbocycles. The molecule has 2 rings (SSSR count). The van der Waals surface area contributed by atoms with Crippen molar-refractivity contribution in [2.24, 2.45) is 0 Å². The van der Waals surface area contributed by atoms with Crippen LogP contribution >= 0.6 is 0 Å². The van der Waals surface area contributed by atoms with E-state index in [0.29, 0.717) is 11.3 Å². The summed E-state index contributed by atoms with van der Waals surface area (Å²) in [4.78, 5) is 25.5. The highest BCUT2D eigenvalue weighted by Gasteiger charge is 2.19. The Labute approximate surface area is 119 Å². The molecule has 1 saturated heterocycles. The van der Waals surface area contributed by atoms with Gasteiger partial charge in [0.05, 0.1) is 0 Å². The van der Waals surface area contributed by atoms with E-state index in [-0.39, 0.29) is 17.9 Å². The summed E-state index contributed by atoms with van der Waals surface area (Å²) in [5.41, 5.74) is 1.22. The number of hydrogen-bond acceptors (Lipinski definition) is 3. The number of anilines is 1. The fourth-order valence-electron chi connectivity index (χ4n) is 2.49. The molecule has 1 aliphatic heterocycles. The zero-order chi connectivity index (χ0) is 14.5. The average Bonchev–Trinajstić information content (AvgIpc) is 2.38. The summed E-state index contributed by atoms with van der Waals surface area (Å²) in [6, 6.07) is 7.20. The molecule has 1 aromatic carbocycles. The summed E-state index contributed by atoms with van der Waals surface area (Å²) in [5.74, 6) is -0.228. The maximum Gasteiger partial charge on any atom is 0.251 e. The molecule has 1 heterocycles. The van der Waals surface area contributed by atoms with Gasteiger partial charge >= 0.3 is 0 Å².